The Morgan fingerprint density at radius 3 is 2.65 bits per heavy atom. The van der Waals surface area contributed by atoms with Crippen molar-refractivity contribution in [3.63, 3.8) is 0 Å². The molecule has 0 spiro atoms. The van der Waals surface area contributed by atoms with E-state index in [1.165, 1.54) is 10.9 Å². The molecule has 1 aromatic carbocycles. The lowest BCUT2D eigenvalue weighted by Crippen LogP contribution is -2.29. The Hall–Kier alpha value is -1.48. The van der Waals surface area contributed by atoms with E-state index >= 15 is 0 Å². The molecule has 0 saturated heterocycles. The van der Waals surface area contributed by atoms with E-state index in [4.69, 9.17) is 10.5 Å². The zero-order valence-electron chi connectivity index (χ0n) is 10.9. The van der Waals surface area contributed by atoms with E-state index in [1.807, 2.05) is 32.9 Å². The third-order valence-electron chi connectivity index (χ3n) is 2.99. The molecule has 0 fully saturated rings. The standard InChI is InChI=1S/C14H20N2O/c1-5-17-10-6-7-12-11(8-10)9(2)13(16-12)14(3,4)15/h6-8,16H,5,15H2,1-4H3. The molecular formula is C14H20N2O. The number of aromatic nitrogens is 1. The van der Waals surface area contributed by atoms with Crippen molar-refractivity contribution in [1.82, 2.24) is 4.98 Å². The molecule has 2 aromatic rings. The van der Waals surface area contributed by atoms with Crippen LogP contribution in [0.15, 0.2) is 18.2 Å². The van der Waals surface area contributed by atoms with Crippen molar-refractivity contribution in [2.45, 2.75) is 33.2 Å². The highest BCUT2D eigenvalue weighted by Crippen LogP contribution is 2.30. The van der Waals surface area contributed by atoms with E-state index in [0.717, 1.165) is 17.0 Å². The quantitative estimate of drug-likeness (QED) is 0.854. The van der Waals surface area contributed by atoms with E-state index in [2.05, 4.69) is 18.0 Å². The van der Waals surface area contributed by atoms with Crippen LogP contribution in [0.2, 0.25) is 0 Å². The third kappa shape index (κ3) is 2.15. The number of fused-ring (bicyclic) bond motifs is 1. The van der Waals surface area contributed by atoms with Crippen LogP contribution in [-0.2, 0) is 5.54 Å². The molecule has 17 heavy (non-hydrogen) atoms. The molecule has 3 nitrogen and oxygen atoms in total. The van der Waals surface area contributed by atoms with Crippen LogP contribution >= 0.6 is 0 Å². The van der Waals surface area contributed by atoms with Gasteiger partial charge in [0.15, 0.2) is 0 Å². The van der Waals surface area contributed by atoms with Crippen LogP contribution in [-0.4, -0.2) is 11.6 Å². The Labute approximate surface area is 102 Å². The summed E-state index contributed by atoms with van der Waals surface area (Å²) < 4.78 is 5.52. The van der Waals surface area contributed by atoms with Crippen LogP contribution in [0.4, 0.5) is 0 Å². The molecule has 0 aliphatic rings. The maximum Gasteiger partial charge on any atom is 0.120 e. The van der Waals surface area contributed by atoms with Gasteiger partial charge in [-0.05, 0) is 51.5 Å². The van der Waals surface area contributed by atoms with E-state index in [9.17, 15) is 0 Å². The summed E-state index contributed by atoms with van der Waals surface area (Å²) in [6, 6.07) is 6.09. The first-order valence-electron chi connectivity index (χ1n) is 5.98. The fourth-order valence-electron chi connectivity index (χ4n) is 2.21. The fraction of sp³-hybridized carbons (Fsp3) is 0.429. The topological polar surface area (TPSA) is 51.0 Å². The minimum atomic E-state index is -0.352. The smallest absolute Gasteiger partial charge is 0.120 e. The predicted molar refractivity (Wildman–Crippen MR) is 71.4 cm³/mol. The zero-order valence-corrected chi connectivity index (χ0v) is 10.9. The highest BCUT2D eigenvalue weighted by Gasteiger charge is 2.20. The summed E-state index contributed by atoms with van der Waals surface area (Å²) in [5.41, 5.74) is 9.20. The number of aryl methyl sites for hydroxylation is 1. The molecule has 0 radical (unpaired) electrons. The molecule has 3 heteroatoms. The molecular weight excluding hydrogens is 212 g/mol. The highest BCUT2D eigenvalue weighted by molar-refractivity contribution is 5.86. The first-order valence-corrected chi connectivity index (χ1v) is 5.98. The second-order valence-electron chi connectivity index (χ2n) is 4.99. The number of H-pyrrole nitrogens is 1. The summed E-state index contributed by atoms with van der Waals surface area (Å²) in [4.78, 5) is 3.39. The fourth-order valence-corrected chi connectivity index (χ4v) is 2.21. The number of rotatable bonds is 3. The molecule has 0 saturated carbocycles. The van der Waals surface area contributed by atoms with Gasteiger partial charge in [-0.3, -0.25) is 0 Å². The van der Waals surface area contributed by atoms with E-state index in [-0.39, 0.29) is 5.54 Å². The van der Waals surface area contributed by atoms with Crippen molar-refractivity contribution in [2.75, 3.05) is 6.61 Å². The average Bonchev–Trinajstić information content (AvgIpc) is 2.56. The number of hydrogen-bond acceptors (Lipinski definition) is 2. The van der Waals surface area contributed by atoms with Gasteiger partial charge in [-0.2, -0.15) is 0 Å². The lowest BCUT2D eigenvalue weighted by Gasteiger charge is -2.18. The molecule has 0 amide bonds. The van der Waals surface area contributed by atoms with Gasteiger partial charge in [0, 0.05) is 16.6 Å². The van der Waals surface area contributed by atoms with Crippen LogP contribution < -0.4 is 10.5 Å². The number of nitrogens with two attached hydrogens (primary N) is 1. The van der Waals surface area contributed by atoms with Crippen LogP contribution in [0.5, 0.6) is 5.75 Å². The second kappa shape index (κ2) is 4.08. The number of hydrogen-bond donors (Lipinski definition) is 2. The molecule has 3 N–H and O–H groups in total. The number of nitrogens with one attached hydrogen (secondary N) is 1. The summed E-state index contributed by atoms with van der Waals surface area (Å²) in [7, 11) is 0. The Morgan fingerprint density at radius 2 is 2.06 bits per heavy atom. The lowest BCUT2D eigenvalue weighted by molar-refractivity contribution is 0.340. The predicted octanol–water partition coefficient (Wildman–Crippen LogP) is 3.07. The molecule has 0 bridgehead atoms. The first-order chi connectivity index (χ1) is 7.93. The maximum absolute atomic E-state index is 6.16. The van der Waals surface area contributed by atoms with Crippen molar-refractivity contribution in [3.05, 3.63) is 29.5 Å². The molecule has 0 aliphatic heterocycles. The van der Waals surface area contributed by atoms with Crippen molar-refractivity contribution in [3.8, 4) is 5.75 Å². The van der Waals surface area contributed by atoms with Gasteiger partial charge in [-0.15, -0.1) is 0 Å². The number of benzene rings is 1. The Balaban J connectivity index is 2.59. The van der Waals surface area contributed by atoms with Gasteiger partial charge in [0.25, 0.3) is 0 Å². The Morgan fingerprint density at radius 1 is 1.35 bits per heavy atom. The average molecular weight is 232 g/mol. The third-order valence-corrected chi connectivity index (χ3v) is 2.99. The van der Waals surface area contributed by atoms with Crippen molar-refractivity contribution >= 4 is 10.9 Å². The van der Waals surface area contributed by atoms with Crippen LogP contribution in [0.1, 0.15) is 32.0 Å². The van der Waals surface area contributed by atoms with Crippen LogP contribution in [0, 0.1) is 6.92 Å². The Kier molecular flexibility index (Phi) is 2.87. The van der Waals surface area contributed by atoms with E-state index in [0.29, 0.717) is 6.61 Å². The maximum atomic E-state index is 6.16. The van der Waals surface area contributed by atoms with Crippen molar-refractivity contribution in [1.29, 1.82) is 0 Å². The van der Waals surface area contributed by atoms with Gasteiger partial charge in [0.05, 0.1) is 12.1 Å². The monoisotopic (exact) mass is 232 g/mol. The number of ether oxygens (including phenoxy) is 1. The largest absolute Gasteiger partial charge is 0.494 e. The molecule has 1 heterocycles. The van der Waals surface area contributed by atoms with Gasteiger partial charge in [-0.1, -0.05) is 0 Å². The van der Waals surface area contributed by atoms with E-state index < -0.39 is 0 Å². The molecule has 2 rings (SSSR count). The van der Waals surface area contributed by atoms with Gasteiger partial charge >= 0.3 is 0 Å². The zero-order chi connectivity index (χ0) is 12.6. The van der Waals surface area contributed by atoms with Crippen molar-refractivity contribution < 1.29 is 4.74 Å². The van der Waals surface area contributed by atoms with Gasteiger partial charge < -0.3 is 15.5 Å². The Bertz CT molecular complexity index is 535. The van der Waals surface area contributed by atoms with Gasteiger partial charge in [-0.25, -0.2) is 0 Å². The summed E-state index contributed by atoms with van der Waals surface area (Å²) in [5.74, 6) is 0.906. The van der Waals surface area contributed by atoms with Gasteiger partial charge in [0.1, 0.15) is 5.75 Å². The summed E-state index contributed by atoms with van der Waals surface area (Å²) in [6.07, 6.45) is 0. The molecule has 0 unspecified atom stereocenters. The van der Waals surface area contributed by atoms with Crippen molar-refractivity contribution in [2.24, 2.45) is 5.73 Å². The summed E-state index contributed by atoms with van der Waals surface area (Å²) in [5, 5.41) is 1.18. The molecule has 0 atom stereocenters. The second-order valence-corrected chi connectivity index (χ2v) is 4.99. The van der Waals surface area contributed by atoms with Gasteiger partial charge in [0.2, 0.25) is 0 Å². The molecule has 92 valence electrons. The van der Waals surface area contributed by atoms with Crippen LogP contribution in [0.25, 0.3) is 10.9 Å². The first kappa shape index (κ1) is 12.0. The summed E-state index contributed by atoms with van der Waals surface area (Å²) >= 11 is 0. The molecule has 1 aromatic heterocycles. The lowest BCUT2D eigenvalue weighted by atomic mass is 9.98. The van der Waals surface area contributed by atoms with E-state index in [1.54, 1.807) is 0 Å². The minimum Gasteiger partial charge on any atom is -0.494 e. The minimum absolute atomic E-state index is 0.352. The molecule has 0 aliphatic carbocycles. The highest BCUT2D eigenvalue weighted by atomic mass is 16.5. The SMILES string of the molecule is CCOc1ccc2[nH]c(C(C)(C)N)c(C)c2c1. The van der Waals surface area contributed by atoms with Crippen LogP contribution in [0.3, 0.4) is 0 Å². The summed E-state index contributed by atoms with van der Waals surface area (Å²) in [6.45, 7) is 8.79. The normalized spacial score (nSPS) is 12.1. The number of aromatic amines is 1.